The number of carboxylic acids is 1. The summed E-state index contributed by atoms with van der Waals surface area (Å²) in [4.78, 5) is 30.6. The third-order valence-corrected chi connectivity index (χ3v) is 5.83. The molecule has 1 aliphatic heterocycles. The van der Waals surface area contributed by atoms with Crippen molar-refractivity contribution in [1.29, 1.82) is 0 Å². The summed E-state index contributed by atoms with van der Waals surface area (Å²) < 4.78 is 39.2. The van der Waals surface area contributed by atoms with Gasteiger partial charge in [-0.15, -0.1) is 0 Å². The Balaban J connectivity index is 0.000000479. The average Bonchev–Trinajstić information content (AvgIpc) is 3.15. The largest absolute Gasteiger partial charge is 0.490 e. The summed E-state index contributed by atoms with van der Waals surface area (Å²) in [6.07, 6.45) is -2.39. The Hall–Kier alpha value is -3.86. The number of methoxy groups -OCH3 is 1. The molecule has 0 unspecified atom stereocenters. The highest BCUT2D eigenvalue weighted by Gasteiger charge is 2.38. The number of alkyl halides is 3. The minimum Gasteiger partial charge on any atom is -0.475 e. The van der Waals surface area contributed by atoms with E-state index in [0.717, 1.165) is 46.9 Å². The van der Waals surface area contributed by atoms with Gasteiger partial charge in [0, 0.05) is 64.1 Å². The van der Waals surface area contributed by atoms with Crippen LogP contribution in [-0.2, 0) is 29.1 Å². The molecule has 0 aliphatic carbocycles. The lowest BCUT2D eigenvalue weighted by molar-refractivity contribution is -0.192. The van der Waals surface area contributed by atoms with Gasteiger partial charge in [-0.1, -0.05) is 18.2 Å². The zero-order valence-corrected chi connectivity index (χ0v) is 20.8. The van der Waals surface area contributed by atoms with E-state index in [-0.39, 0.29) is 5.91 Å². The number of ether oxygens (including phenoxy) is 1. The monoisotopic (exact) mass is 518 g/mol. The average molecular weight is 519 g/mol. The summed E-state index contributed by atoms with van der Waals surface area (Å²) in [5.41, 5.74) is 5.17. The molecule has 1 amide bonds. The third kappa shape index (κ3) is 7.10. The molecule has 1 aromatic heterocycles. The zero-order chi connectivity index (χ0) is 27.2. The Morgan fingerprint density at radius 2 is 1.76 bits per heavy atom. The highest BCUT2D eigenvalue weighted by Crippen LogP contribution is 2.25. The molecule has 37 heavy (non-hydrogen) atoms. The molecule has 198 valence electrons. The first-order chi connectivity index (χ1) is 17.5. The standard InChI is InChI=1S/C24H28N4O2.C2HF3O2/c1-26(2)21-9-7-19(8-10-21)24(29)27-12-11-23-25-16-22(28(23)14-13-27)20-6-4-5-18(15-20)17-30-3;3-2(4,5)1(6)7/h4-10,15-16H,11-14,17H2,1-3H3;(H,6,7). The second-order valence-electron chi connectivity index (χ2n) is 8.63. The Kier molecular flexibility index (Phi) is 8.93. The van der Waals surface area contributed by atoms with Crippen LogP contribution in [0.1, 0.15) is 21.7 Å². The zero-order valence-electron chi connectivity index (χ0n) is 20.8. The highest BCUT2D eigenvalue weighted by molar-refractivity contribution is 5.94. The van der Waals surface area contributed by atoms with Gasteiger partial charge in [0.05, 0.1) is 18.5 Å². The molecule has 0 saturated heterocycles. The minimum atomic E-state index is -5.08. The number of rotatable bonds is 5. The molecule has 0 spiro atoms. The lowest BCUT2D eigenvalue weighted by Gasteiger charge is -2.21. The molecule has 0 atom stereocenters. The molecule has 0 fully saturated rings. The van der Waals surface area contributed by atoms with Crippen molar-refractivity contribution < 1.29 is 32.6 Å². The van der Waals surface area contributed by atoms with Crippen molar-refractivity contribution >= 4 is 17.6 Å². The first-order valence-corrected chi connectivity index (χ1v) is 11.5. The van der Waals surface area contributed by atoms with Gasteiger partial charge in [0.15, 0.2) is 0 Å². The number of nitrogens with zero attached hydrogens (tertiary/aromatic N) is 4. The van der Waals surface area contributed by atoms with Gasteiger partial charge in [-0.3, -0.25) is 4.79 Å². The maximum Gasteiger partial charge on any atom is 0.490 e. The van der Waals surface area contributed by atoms with Gasteiger partial charge in [0.1, 0.15) is 5.82 Å². The number of imidazole rings is 1. The number of anilines is 1. The Bertz CT molecular complexity index is 1220. The molecule has 2 heterocycles. The minimum absolute atomic E-state index is 0.0784. The van der Waals surface area contributed by atoms with Crippen LogP contribution in [0.2, 0.25) is 0 Å². The second-order valence-corrected chi connectivity index (χ2v) is 8.63. The van der Waals surface area contributed by atoms with E-state index < -0.39 is 12.1 Å². The maximum absolute atomic E-state index is 13.0. The number of halogens is 3. The van der Waals surface area contributed by atoms with Crippen LogP contribution in [0.15, 0.2) is 54.7 Å². The van der Waals surface area contributed by atoms with Crippen molar-refractivity contribution in [2.45, 2.75) is 25.7 Å². The van der Waals surface area contributed by atoms with E-state index in [1.807, 2.05) is 60.4 Å². The molecular weight excluding hydrogens is 489 g/mol. The summed E-state index contributed by atoms with van der Waals surface area (Å²) in [6, 6.07) is 16.2. The van der Waals surface area contributed by atoms with Crippen molar-refractivity contribution in [2.24, 2.45) is 0 Å². The van der Waals surface area contributed by atoms with E-state index in [0.29, 0.717) is 19.7 Å². The SMILES string of the molecule is COCc1cccc(-c2cnc3n2CCN(C(=O)c2ccc(N(C)C)cc2)CC3)c1.O=C(O)C(F)(F)F. The van der Waals surface area contributed by atoms with Gasteiger partial charge in [0.25, 0.3) is 5.91 Å². The number of carbonyl (C=O) groups is 2. The Morgan fingerprint density at radius 3 is 2.35 bits per heavy atom. The van der Waals surface area contributed by atoms with Crippen LogP contribution in [0.25, 0.3) is 11.3 Å². The fourth-order valence-electron chi connectivity index (χ4n) is 3.94. The molecule has 2 aromatic carbocycles. The summed E-state index contributed by atoms with van der Waals surface area (Å²) in [5.74, 6) is -1.65. The topological polar surface area (TPSA) is 87.9 Å². The smallest absolute Gasteiger partial charge is 0.475 e. The van der Waals surface area contributed by atoms with Gasteiger partial charge in [0.2, 0.25) is 0 Å². The van der Waals surface area contributed by atoms with Crippen molar-refractivity contribution in [3.8, 4) is 11.3 Å². The van der Waals surface area contributed by atoms with Gasteiger partial charge < -0.3 is 24.2 Å². The number of amides is 1. The van der Waals surface area contributed by atoms with Crippen molar-refractivity contribution in [1.82, 2.24) is 14.5 Å². The van der Waals surface area contributed by atoms with Gasteiger partial charge in [-0.2, -0.15) is 13.2 Å². The summed E-state index contributed by atoms with van der Waals surface area (Å²) >= 11 is 0. The molecule has 1 aliphatic rings. The third-order valence-electron chi connectivity index (χ3n) is 5.83. The predicted octanol–water partition coefficient (Wildman–Crippen LogP) is 4.09. The molecule has 3 aromatic rings. The lowest BCUT2D eigenvalue weighted by Crippen LogP contribution is -2.33. The van der Waals surface area contributed by atoms with Crippen LogP contribution in [0.5, 0.6) is 0 Å². The van der Waals surface area contributed by atoms with Crippen LogP contribution >= 0.6 is 0 Å². The molecule has 0 bridgehead atoms. The summed E-state index contributed by atoms with van der Waals surface area (Å²) in [5, 5.41) is 7.12. The number of hydrogen-bond donors (Lipinski definition) is 1. The fraction of sp³-hybridized carbons (Fsp3) is 0.346. The van der Waals surface area contributed by atoms with Crippen LogP contribution in [0, 0.1) is 0 Å². The first-order valence-electron chi connectivity index (χ1n) is 11.5. The lowest BCUT2D eigenvalue weighted by atomic mass is 10.1. The van der Waals surface area contributed by atoms with Crippen molar-refractivity contribution in [2.75, 3.05) is 39.2 Å². The molecule has 0 saturated carbocycles. The van der Waals surface area contributed by atoms with E-state index in [9.17, 15) is 18.0 Å². The number of fused-ring (bicyclic) bond motifs is 1. The van der Waals surface area contributed by atoms with Gasteiger partial charge in [-0.25, -0.2) is 9.78 Å². The predicted molar refractivity (Wildman–Crippen MR) is 132 cm³/mol. The van der Waals surface area contributed by atoms with Gasteiger partial charge >= 0.3 is 12.1 Å². The molecule has 0 radical (unpaired) electrons. The molecule has 8 nitrogen and oxygen atoms in total. The number of aliphatic carboxylic acids is 1. The molecule has 11 heteroatoms. The van der Waals surface area contributed by atoms with Gasteiger partial charge in [-0.05, 0) is 35.9 Å². The van der Waals surface area contributed by atoms with Crippen LogP contribution < -0.4 is 4.90 Å². The normalized spacial score (nSPS) is 13.2. The maximum atomic E-state index is 13.0. The summed E-state index contributed by atoms with van der Waals surface area (Å²) in [7, 11) is 5.70. The fourth-order valence-corrected chi connectivity index (χ4v) is 3.94. The Morgan fingerprint density at radius 1 is 1.08 bits per heavy atom. The van der Waals surface area contributed by atoms with Crippen molar-refractivity contribution in [3.63, 3.8) is 0 Å². The van der Waals surface area contributed by atoms with E-state index in [2.05, 4.69) is 27.8 Å². The molecular formula is C26H29F3N4O4. The van der Waals surface area contributed by atoms with E-state index in [1.54, 1.807) is 7.11 Å². The second kappa shape index (κ2) is 11.9. The van der Waals surface area contributed by atoms with Crippen LogP contribution in [0.3, 0.4) is 0 Å². The number of hydrogen-bond acceptors (Lipinski definition) is 5. The van der Waals surface area contributed by atoms with E-state index in [4.69, 9.17) is 14.6 Å². The number of aromatic nitrogens is 2. The van der Waals surface area contributed by atoms with Crippen LogP contribution in [-0.4, -0.2) is 71.9 Å². The van der Waals surface area contributed by atoms with E-state index >= 15 is 0 Å². The van der Waals surface area contributed by atoms with E-state index in [1.165, 1.54) is 0 Å². The highest BCUT2D eigenvalue weighted by atomic mass is 19.4. The van der Waals surface area contributed by atoms with Crippen molar-refractivity contribution in [3.05, 3.63) is 71.7 Å². The molecule has 1 N–H and O–H groups in total. The number of carboxylic acid groups (broad SMARTS) is 1. The number of carbonyl (C=O) groups excluding carboxylic acids is 1. The Labute approximate surface area is 212 Å². The first kappa shape index (κ1) is 27.7. The number of benzene rings is 2. The molecule has 4 rings (SSSR count). The quantitative estimate of drug-likeness (QED) is 0.548. The van der Waals surface area contributed by atoms with Crippen LogP contribution in [0.4, 0.5) is 18.9 Å². The summed E-state index contributed by atoms with van der Waals surface area (Å²) in [6.45, 7) is 2.67.